The SMILES string of the molecule is CC(C)([S-])C[N-]C(C)(C)CN(CCc1ccc(I)cc1)CC(C)(C)[S-].[O]=[99Tc+3]. The molecule has 154 valence electrons. The maximum absolute atomic E-state index is 8.22. The zero-order chi connectivity index (χ0) is 21.3. The van der Waals surface area contributed by atoms with Gasteiger partial charge in [0.15, 0.2) is 0 Å². The van der Waals surface area contributed by atoms with E-state index in [-0.39, 0.29) is 15.0 Å². The van der Waals surface area contributed by atoms with Crippen LogP contribution in [-0.4, -0.2) is 46.1 Å². The Labute approximate surface area is 201 Å². The van der Waals surface area contributed by atoms with Gasteiger partial charge in [0.1, 0.15) is 0 Å². The van der Waals surface area contributed by atoms with E-state index in [1.54, 1.807) is 0 Å². The third kappa shape index (κ3) is 15.5. The molecule has 0 heterocycles. The Morgan fingerprint density at radius 1 is 0.963 bits per heavy atom. The molecule has 0 aliphatic rings. The molecule has 0 atom stereocenters. The van der Waals surface area contributed by atoms with E-state index in [1.807, 2.05) is 0 Å². The van der Waals surface area contributed by atoms with Gasteiger partial charge in [0.25, 0.3) is 0 Å². The van der Waals surface area contributed by atoms with E-state index in [1.165, 1.54) is 9.13 Å². The van der Waals surface area contributed by atoms with Crippen LogP contribution in [0, 0.1) is 3.57 Å². The van der Waals surface area contributed by atoms with Crippen molar-refractivity contribution < 1.29 is 22.4 Å². The van der Waals surface area contributed by atoms with Gasteiger partial charge in [0.05, 0.1) is 0 Å². The number of hydrogen-bond donors (Lipinski definition) is 0. The molecule has 7 heteroatoms. The first-order valence-electron chi connectivity index (χ1n) is 8.98. The molecule has 1 aromatic carbocycles. The van der Waals surface area contributed by atoms with Crippen molar-refractivity contribution in [2.75, 3.05) is 26.2 Å². The minimum atomic E-state index is -0.180. The summed E-state index contributed by atoms with van der Waals surface area (Å²) < 4.78 is 9.17. The third-order valence-electron chi connectivity index (χ3n) is 3.73. The monoisotopic (exact) mass is 606 g/mol. The quantitative estimate of drug-likeness (QED) is 0.283. The van der Waals surface area contributed by atoms with E-state index >= 15 is 0 Å². The van der Waals surface area contributed by atoms with Crippen LogP contribution >= 0.6 is 22.6 Å². The Morgan fingerprint density at radius 2 is 1.48 bits per heavy atom. The zero-order valence-corrected chi connectivity index (χ0v) is 22.9. The van der Waals surface area contributed by atoms with Gasteiger partial charge >= 0.3 is 22.4 Å². The van der Waals surface area contributed by atoms with Crippen molar-refractivity contribution in [2.24, 2.45) is 0 Å². The van der Waals surface area contributed by atoms with Gasteiger partial charge in [0, 0.05) is 10.1 Å². The molecule has 0 aliphatic heterocycles. The first-order chi connectivity index (χ1) is 12.3. The summed E-state index contributed by atoms with van der Waals surface area (Å²) in [6.07, 6.45) is 1.03. The van der Waals surface area contributed by atoms with Crippen LogP contribution in [0.5, 0.6) is 0 Å². The van der Waals surface area contributed by atoms with Crippen molar-refractivity contribution in [1.82, 2.24) is 4.90 Å². The Kier molecular flexibility index (Phi) is 13.1. The first-order valence-corrected chi connectivity index (χ1v) is 11.6. The number of nitrogens with zero attached hydrogens (tertiary/aromatic N) is 2. The van der Waals surface area contributed by atoms with Crippen LogP contribution in [0.25, 0.3) is 5.32 Å². The second-order valence-electron chi connectivity index (χ2n) is 8.74. The average Bonchev–Trinajstić information content (AvgIpc) is 2.52. The van der Waals surface area contributed by atoms with Crippen molar-refractivity contribution in [2.45, 2.75) is 63.0 Å². The van der Waals surface area contributed by atoms with Gasteiger partial charge in [-0.15, -0.1) is 10.3 Å². The minimum absolute atomic E-state index is 0.122. The molecule has 1 rings (SSSR count). The van der Waals surface area contributed by atoms with Crippen LogP contribution in [0.3, 0.4) is 0 Å². The van der Waals surface area contributed by atoms with Crippen molar-refractivity contribution in [3.63, 3.8) is 0 Å². The van der Waals surface area contributed by atoms with Crippen molar-refractivity contribution in [1.29, 1.82) is 0 Å². The summed E-state index contributed by atoms with van der Waals surface area (Å²) in [4.78, 5) is 2.46. The Balaban J connectivity index is 0.00000326. The van der Waals surface area contributed by atoms with E-state index in [9.17, 15) is 0 Å². The Bertz CT molecular complexity index is 542. The summed E-state index contributed by atoms with van der Waals surface area (Å²) in [6.45, 7) is 16.3. The Hall–Kier alpha value is 1.02. The van der Waals surface area contributed by atoms with E-state index < -0.39 is 0 Å². The van der Waals surface area contributed by atoms with E-state index in [0.717, 1.165) is 44.9 Å². The van der Waals surface area contributed by atoms with E-state index in [4.69, 9.17) is 34.1 Å². The van der Waals surface area contributed by atoms with Gasteiger partial charge in [-0.05, 0) is 59.8 Å². The molecule has 0 spiro atoms. The average molecular weight is 606 g/mol. The second-order valence-corrected chi connectivity index (χ2v) is 12.2. The predicted octanol–water partition coefficient (Wildman–Crippen LogP) is 4.82. The van der Waals surface area contributed by atoms with Crippen LogP contribution in [0.1, 0.15) is 47.1 Å². The molecule has 0 saturated carbocycles. The predicted molar refractivity (Wildman–Crippen MR) is 125 cm³/mol. The number of rotatable bonds is 10. The summed E-state index contributed by atoms with van der Waals surface area (Å²) in [5.74, 6) is 0. The van der Waals surface area contributed by atoms with Crippen LogP contribution < -0.4 is 0 Å². The molecule has 0 fully saturated rings. The molecule has 0 amide bonds. The van der Waals surface area contributed by atoms with Crippen LogP contribution in [0.15, 0.2) is 24.3 Å². The summed E-state index contributed by atoms with van der Waals surface area (Å²) >= 11 is 14.3. The molecule has 0 aliphatic carbocycles. The van der Waals surface area contributed by atoms with E-state index in [2.05, 4.69) is 93.3 Å². The number of halogens is 1. The fourth-order valence-electron chi connectivity index (χ4n) is 2.69. The molecule has 0 bridgehead atoms. The number of hydrogen-bond acceptors (Lipinski definition) is 4. The van der Waals surface area contributed by atoms with Crippen LogP contribution in [0.2, 0.25) is 0 Å². The normalized spacial score (nSPS) is 12.6. The molecule has 27 heavy (non-hydrogen) atoms. The molecular weight excluding hydrogens is 574 g/mol. The molecule has 1 aromatic rings. The zero-order valence-electron chi connectivity index (χ0n) is 17.2. The van der Waals surface area contributed by atoms with Gasteiger partial charge in [0.2, 0.25) is 0 Å². The van der Waals surface area contributed by atoms with Crippen molar-refractivity contribution in [3.8, 4) is 0 Å². The fourth-order valence-corrected chi connectivity index (χ4v) is 3.30. The fraction of sp³-hybridized carbons (Fsp3) is 0.700. The summed E-state index contributed by atoms with van der Waals surface area (Å²) in [6, 6.07) is 8.77. The summed E-state index contributed by atoms with van der Waals surface area (Å²) in [5, 5.41) is 4.88. The van der Waals surface area contributed by atoms with Crippen molar-refractivity contribution in [3.05, 3.63) is 38.7 Å². The molecular formula is C20H32IN2OS2Tc. The molecule has 3 nitrogen and oxygen atoms in total. The maximum atomic E-state index is 8.22. The van der Waals surface area contributed by atoms with E-state index in [0.29, 0.717) is 6.54 Å². The molecule has 0 unspecified atom stereocenters. The summed E-state index contributed by atoms with van der Waals surface area (Å²) in [7, 11) is 0. The molecule has 0 N–H and O–H groups in total. The van der Waals surface area contributed by atoms with Crippen LogP contribution in [-0.2, 0) is 54.0 Å². The van der Waals surface area contributed by atoms with Crippen LogP contribution in [0.4, 0.5) is 0 Å². The van der Waals surface area contributed by atoms with Crippen molar-refractivity contribution >= 4 is 47.8 Å². The standard InChI is InChI=1S/C20H34IN2S2.O.Tc/c1-18(2,22-13-19(3,4)24)14-23(15-20(5,6)25)12-11-16-7-9-17(21)10-8-16;;/h7-10,24-25H,11-15H2,1-6H3;;/q-1;;+3/p-2/i;;1+1. The number of benzene rings is 1. The van der Waals surface area contributed by atoms with Gasteiger partial charge in [-0.25, -0.2) is 0 Å². The molecule has 0 aromatic heterocycles. The molecule has 0 radical (unpaired) electrons. The van der Waals surface area contributed by atoms with Gasteiger partial charge in [-0.2, -0.15) is 11.3 Å². The van der Waals surface area contributed by atoms with Gasteiger partial charge in [-0.1, -0.05) is 53.7 Å². The third-order valence-corrected chi connectivity index (χ3v) is 4.71. The topological polar surface area (TPSA) is 34.4 Å². The van der Waals surface area contributed by atoms with Gasteiger partial charge in [-0.3, -0.25) is 0 Å². The molecule has 0 saturated heterocycles. The summed E-state index contributed by atoms with van der Waals surface area (Å²) in [5.41, 5.74) is 1.25. The second kappa shape index (κ2) is 12.7. The van der Waals surface area contributed by atoms with Gasteiger partial charge < -0.3 is 35.5 Å². The Morgan fingerprint density at radius 3 is 1.93 bits per heavy atom. The first kappa shape index (κ1) is 28.0.